The molecule has 3 rings (SSSR count). The zero-order valence-electron chi connectivity index (χ0n) is 12.6. The molecule has 0 amide bonds. The fraction of sp³-hybridized carbons (Fsp3) is 0.562. The summed E-state index contributed by atoms with van der Waals surface area (Å²) in [5.41, 5.74) is 2.17. The number of aliphatic hydroxyl groups excluding tert-OH is 1. The SMILES string of the molecule is CCCN(CCO)c1nc2ccccn2c1CNC1CC1. The van der Waals surface area contributed by atoms with Gasteiger partial charge < -0.3 is 19.7 Å². The molecule has 0 atom stereocenters. The van der Waals surface area contributed by atoms with Gasteiger partial charge in [-0.05, 0) is 31.4 Å². The van der Waals surface area contributed by atoms with E-state index < -0.39 is 0 Å². The third-order valence-corrected chi connectivity index (χ3v) is 3.91. The van der Waals surface area contributed by atoms with Crippen LogP contribution in [0.1, 0.15) is 31.9 Å². The van der Waals surface area contributed by atoms with Crippen LogP contribution >= 0.6 is 0 Å². The summed E-state index contributed by atoms with van der Waals surface area (Å²) in [4.78, 5) is 6.98. The van der Waals surface area contributed by atoms with Crippen molar-refractivity contribution < 1.29 is 5.11 Å². The largest absolute Gasteiger partial charge is 0.395 e. The number of fused-ring (bicyclic) bond motifs is 1. The third-order valence-electron chi connectivity index (χ3n) is 3.91. The zero-order valence-corrected chi connectivity index (χ0v) is 12.6. The molecule has 0 bridgehead atoms. The van der Waals surface area contributed by atoms with Gasteiger partial charge in [0.05, 0.1) is 12.3 Å². The maximum atomic E-state index is 9.33. The van der Waals surface area contributed by atoms with Gasteiger partial charge in [0.15, 0.2) is 5.82 Å². The van der Waals surface area contributed by atoms with Gasteiger partial charge in [-0.2, -0.15) is 0 Å². The standard InChI is InChI=1S/C16H24N4O/c1-2-8-19(10-11-21)16-14(12-17-13-6-7-13)20-9-4-3-5-15(20)18-16/h3-5,9,13,17,21H,2,6-8,10-12H2,1H3. The molecule has 2 aromatic heterocycles. The van der Waals surface area contributed by atoms with Crippen LogP contribution < -0.4 is 10.2 Å². The molecular formula is C16H24N4O. The Morgan fingerprint density at radius 2 is 2.24 bits per heavy atom. The highest BCUT2D eigenvalue weighted by Crippen LogP contribution is 2.24. The predicted octanol–water partition coefficient (Wildman–Crippen LogP) is 1.80. The molecule has 114 valence electrons. The molecule has 0 aromatic carbocycles. The van der Waals surface area contributed by atoms with Crippen LogP contribution in [0.3, 0.4) is 0 Å². The van der Waals surface area contributed by atoms with E-state index in [1.807, 2.05) is 18.2 Å². The Balaban J connectivity index is 1.94. The second-order valence-electron chi connectivity index (χ2n) is 5.68. The smallest absolute Gasteiger partial charge is 0.152 e. The maximum Gasteiger partial charge on any atom is 0.152 e. The zero-order chi connectivity index (χ0) is 14.7. The number of aliphatic hydroxyl groups is 1. The Labute approximate surface area is 125 Å². The molecule has 2 aromatic rings. The number of hydrogen-bond donors (Lipinski definition) is 2. The average molecular weight is 288 g/mol. The molecule has 0 radical (unpaired) electrons. The van der Waals surface area contributed by atoms with Crippen LogP contribution in [0.5, 0.6) is 0 Å². The number of aromatic nitrogens is 2. The molecule has 5 nitrogen and oxygen atoms in total. The first-order valence-electron chi connectivity index (χ1n) is 7.88. The molecule has 0 aliphatic heterocycles. The van der Waals surface area contributed by atoms with Gasteiger partial charge in [0.25, 0.3) is 0 Å². The van der Waals surface area contributed by atoms with Crippen LogP contribution in [-0.4, -0.2) is 40.2 Å². The summed E-state index contributed by atoms with van der Waals surface area (Å²) in [5.74, 6) is 1.00. The number of pyridine rings is 1. The quantitative estimate of drug-likeness (QED) is 0.777. The van der Waals surface area contributed by atoms with Gasteiger partial charge in [-0.1, -0.05) is 13.0 Å². The van der Waals surface area contributed by atoms with E-state index in [1.54, 1.807) is 0 Å². The summed E-state index contributed by atoms with van der Waals surface area (Å²) in [6.07, 6.45) is 5.67. The average Bonchev–Trinajstić information content (AvgIpc) is 3.25. The molecule has 2 N–H and O–H groups in total. The highest BCUT2D eigenvalue weighted by Gasteiger charge is 2.23. The number of nitrogens with zero attached hydrogens (tertiary/aromatic N) is 3. The van der Waals surface area contributed by atoms with Crippen molar-refractivity contribution in [3.05, 3.63) is 30.1 Å². The van der Waals surface area contributed by atoms with E-state index in [2.05, 4.69) is 27.7 Å². The summed E-state index contributed by atoms with van der Waals surface area (Å²) < 4.78 is 2.16. The highest BCUT2D eigenvalue weighted by atomic mass is 16.3. The van der Waals surface area contributed by atoms with E-state index in [1.165, 1.54) is 18.5 Å². The van der Waals surface area contributed by atoms with E-state index in [0.29, 0.717) is 12.6 Å². The molecule has 0 unspecified atom stereocenters. The van der Waals surface area contributed by atoms with Crippen LogP contribution in [0.2, 0.25) is 0 Å². The fourth-order valence-corrected chi connectivity index (χ4v) is 2.69. The third kappa shape index (κ3) is 3.19. The Morgan fingerprint density at radius 3 is 2.95 bits per heavy atom. The first kappa shape index (κ1) is 14.4. The number of nitrogens with one attached hydrogen (secondary N) is 1. The minimum atomic E-state index is 0.156. The van der Waals surface area contributed by atoms with Crippen molar-refractivity contribution in [2.45, 2.75) is 38.8 Å². The molecule has 1 aliphatic rings. The summed E-state index contributed by atoms with van der Waals surface area (Å²) in [7, 11) is 0. The van der Waals surface area contributed by atoms with Crippen LogP contribution in [0, 0.1) is 0 Å². The van der Waals surface area contributed by atoms with Crippen LogP contribution in [0.4, 0.5) is 5.82 Å². The summed E-state index contributed by atoms with van der Waals surface area (Å²) >= 11 is 0. The minimum Gasteiger partial charge on any atom is -0.395 e. The molecular weight excluding hydrogens is 264 g/mol. The van der Waals surface area contributed by atoms with Gasteiger partial charge in [0.2, 0.25) is 0 Å². The Morgan fingerprint density at radius 1 is 1.38 bits per heavy atom. The molecule has 21 heavy (non-hydrogen) atoms. The normalized spacial score (nSPS) is 14.8. The van der Waals surface area contributed by atoms with Crippen LogP contribution in [-0.2, 0) is 6.54 Å². The van der Waals surface area contributed by atoms with Crippen molar-refractivity contribution in [1.29, 1.82) is 0 Å². The molecule has 1 fully saturated rings. The van der Waals surface area contributed by atoms with E-state index in [0.717, 1.165) is 31.0 Å². The second-order valence-corrected chi connectivity index (χ2v) is 5.68. The van der Waals surface area contributed by atoms with Gasteiger partial charge in [0, 0.05) is 31.9 Å². The maximum absolute atomic E-state index is 9.33. The molecule has 5 heteroatoms. The van der Waals surface area contributed by atoms with Gasteiger partial charge in [0.1, 0.15) is 5.65 Å². The molecule has 0 spiro atoms. The molecule has 0 saturated heterocycles. The fourth-order valence-electron chi connectivity index (χ4n) is 2.69. The lowest BCUT2D eigenvalue weighted by Crippen LogP contribution is -2.29. The Hall–Kier alpha value is -1.59. The lowest BCUT2D eigenvalue weighted by atomic mass is 10.3. The minimum absolute atomic E-state index is 0.156. The van der Waals surface area contributed by atoms with Crippen molar-refractivity contribution >= 4 is 11.5 Å². The lowest BCUT2D eigenvalue weighted by molar-refractivity contribution is 0.301. The van der Waals surface area contributed by atoms with Crippen LogP contribution in [0.15, 0.2) is 24.4 Å². The van der Waals surface area contributed by atoms with E-state index in [-0.39, 0.29) is 6.61 Å². The number of rotatable bonds is 8. The van der Waals surface area contributed by atoms with E-state index >= 15 is 0 Å². The Bertz CT molecular complexity index is 585. The van der Waals surface area contributed by atoms with Crippen LogP contribution in [0.25, 0.3) is 5.65 Å². The van der Waals surface area contributed by atoms with Crippen molar-refractivity contribution in [3.63, 3.8) is 0 Å². The van der Waals surface area contributed by atoms with Crippen molar-refractivity contribution in [1.82, 2.24) is 14.7 Å². The van der Waals surface area contributed by atoms with Gasteiger partial charge in [-0.15, -0.1) is 0 Å². The second kappa shape index (κ2) is 6.45. The molecule has 2 heterocycles. The van der Waals surface area contributed by atoms with Crippen molar-refractivity contribution in [2.24, 2.45) is 0 Å². The lowest BCUT2D eigenvalue weighted by Gasteiger charge is -2.22. The highest BCUT2D eigenvalue weighted by molar-refractivity contribution is 5.56. The van der Waals surface area contributed by atoms with E-state index in [9.17, 15) is 5.11 Å². The van der Waals surface area contributed by atoms with Gasteiger partial charge >= 0.3 is 0 Å². The van der Waals surface area contributed by atoms with E-state index in [4.69, 9.17) is 4.98 Å². The summed E-state index contributed by atoms with van der Waals surface area (Å²) in [6, 6.07) is 6.76. The van der Waals surface area contributed by atoms with Gasteiger partial charge in [-0.25, -0.2) is 4.98 Å². The number of hydrogen-bond acceptors (Lipinski definition) is 4. The number of anilines is 1. The van der Waals surface area contributed by atoms with Gasteiger partial charge in [-0.3, -0.25) is 0 Å². The molecule has 1 aliphatic carbocycles. The topological polar surface area (TPSA) is 52.8 Å². The van der Waals surface area contributed by atoms with Crippen molar-refractivity contribution in [2.75, 3.05) is 24.6 Å². The first-order valence-corrected chi connectivity index (χ1v) is 7.88. The molecule has 1 saturated carbocycles. The monoisotopic (exact) mass is 288 g/mol. The summed E-state index contributed by atoms with van der Waals surface area (Å²) in [6.45, 7) is 4.69. The van der Waals surface area contributed by atoms with Crippen molar-refractivity contribution in [3.8, 4) is 0 Å². The Kier molecular flexibility index (Phi) is 4.41. The first-order chi connectivity index (χ1) is 10.3. The number of imidazole rings is 1. The predicted molar refractivity (Wildman–Crippen MR) is 84.6 cm³/mol. The summed E-state index contributed by atoms with van der Waals surface area (Å²) in [5, 5.41) is 12.9.